The monoisotopic (exact) mass is 339 g/mol. The van der Waals surface area contributed by atoms with Crippen molar-refractivity contribution in [1.82, 2.24) is 9.88 Å². The molecule has 1 aliphatic carbocycles. The molecule has 3 heterocycles. The Balaban J connectivity index is 1.24. The largest absolute Gasteiger partial charge is 0.466 e. The van der Waals surface area contributed by atoms with E-state index in [1.165, 1.54) is 12.1 Å². The fourth-order valence-electron chi connectivity index (χ4n) is 3.60. The Kier molecular flexibility index (Phi) is 4.47. The maximum absolute atomic E-state index is 12.5. The molecule has 0 spiro atoms. The van der Waals surface area contributed by atoms with Gasteiger partial charge >= 0.3 is 0 Å². The smallest absolute Gasteiger partial charge is 0.223 e. The first-order chi connectivity index (χ1) is 12.2. The number of hydrogen-bond donors (Lipinski definition) is 0. The summed E-state index contributed by atoms with van der Waals surface area (Å²) in [5.74, 6) is 3.62. The fraction of sp³-hybridized carbons (Fsp3) is 0.500. The molecule has 1 aliphatic heterocycles. The Morgan fingerprint density at radius 2 is 1.88 bits per heavy atom. The highest BCUT2D eigenvalue weighted by Crippen LogP contribution is 2.47. The van der Waals surface area contributed by atoms with Gasteiger partial charge in [-0.15, -0.1) is 0 Å². The Hall–Kier alpha value is -2.30. The number of furan rings is 1. The molecule has 132 valence electrons. The van der Waals surface area contributed by atoms with Gasteiger partial charge in [0.25, 0.3) is 0 Å². The number of carbonyl (C=O) groups is 1. The molecule has 25 heavy (non-hydrogen) atoms. The minimum Gasteiger partial charge on any atom is -0.466 e. The number of hydrogen-bond acceptors (Lipinski definition) is 4. The number of piperazine rings is 1. The molecule has 0 N–H and O–H groups in total. The van der Waals surface area contributed by atoms with Crippen LogP contribution in [0, 0.1) is 5.92 Å². The average Bonchev–Trinajstić information content (AvgIpc) is 3.20. The van der Waals surface area contributed by atoms with Gasteiger partial charge in [0.2, 0.25) is 5.91 Å². The van der Waals surface area contributed by atoms with Gasteiger partial charge in [-0.2, -0.15) is 0 Å². The van der Waals surface area contributed by atoms with E-state index in [4.69, 9.17) is 4.42 Å². The third-order valence-corrected chi connectivity index (χ3v) is 5.40. The first-order valence-electron chi connectivity index (χ1n) is 9.22. The molecule has 2 aliphatic rings. The number of aryl methyl sites for hydroxylation is 1. The van der Waals surface area contributed by atoms with Crippen molar-refractivity contribution in [2.45, 2.75) is 32.1 Å². The van der Waals surface area contributed by atoms with Crippen molar-refractivity contribution in [2.75, 3.05) is 31.1 Å². The summed E-state index contributed by atoms with van der Waals surface area (Å²) in [4.78, 5) is 20.8. The zero-order valence-electron chi connectivity index (χ0n) is 14.7. The summed E-state index contributed by atoms with van der Waals surface area (Å²) in [6.45, 7) is 5.57. The standard InChI is InChI=1S/C20H25N3O2/c1-15-14-18(15)19-4-2-17(25-19)3-5-20(24)23-12-10-22(11-13-23)16-6-8-21-9-7-16/h2,4,6-9,15,18H,3,5,10-14H2,1H3. The second kappa shape index (κ2) is 6.90. The molecule has 2 aromatic rings. The Bertz CT molecular complexity index is 720. The molecule has 5 nitrogen and oxygen atoms in total. The van der Waals surface area contributed by atoms with Crippen molar-refractivity contribution < 1.29 is 9.21 Å². The number of nitrogens with zero attached hydrogens (tertiary/aromatic N) is 3. The molecule has 2 fully saturated rings. The lowest BCUT2D eigenvalue weighted by Gasteiger charge is -2.36. The summed E-state index contributed by atoms with van der Waals surface area (Å²) in [7, 11) is 0. The van der Waals surface area contributed by atoms with E-state index in [-0.39, 0.29) is 5.91 Å². The van der Waals surface area contributed by atoms with Crippen LogP contribution in [0.2, 0.25) is 0 Å². The molecule has 2 unspecified atom stereocenters. The lowest BCUT2D eigenvalue weighted by Crippen LogP contribution is -2.48. The summed E-state index contributed by atoms with van der Waals surface area (Å²) in [6.07, 6.45) is 6.08. The second-order valence-electron chi connectivity index (χ2n) is 7.20. The van der Waals surface area contributed by atoms with Gasteiger partial charge in [-0.05, 0) is 36.6 Å². The molecule has 0 aromatic carbocycles. The second-order valence-corrected chi connectivity index (χ2v) is 7.20. The predicted octanol–water partition coefficient (Wildman–Crippen LogP) is 3.08. The van der Waals surface area contributed by atoms with E-state index in [9.17, 15) is 4.79 Å². The third kappa shape index (κ3) is 3.70. The molecule has 1 saturated heterocycles. The van der Waals surface area contributed by atoms with Crippen molar-refractivity contribution >= 4 is 11.6 Å². The van der Waals surface area contributed by atoms with Gasteiger partial charge < -0.3 is 14.2 Å². The van der Waals surface area contributed by atoms with Gasteiger partial charge in [0.15, 0.2) is 0 Å². The number of carbonyl (C=O) groups excluding carboxylic acids is 1. The average molecular weight is 339 g/mol. The molecule has 4 rings (SSSR count). The van der Waals surface area contributed by atoms with Gasteiger partial charge in [0.1, 0.15) is 11.5 Å². The van der Waals surface area contributed by atoms with Gasteiger partial charge in [-0.25, -0.2) is 0 Å². The molecule has 2 atom stereocenters. The summed E-state index contributed by atoms with van der Waals surface area (Å²) in [6, 6.07) is 8.16. The van der Waals surface area contributed by atoms with E-state index < -0.39 is 0 Å². The van der Waals surface area contributed by atoms with Crippen LogP contribution < -0.4 is 4.90 Å². The number of amides is 1. The van der Waals surface area contributed by atoms with Gasteiger partial charge in [0, 0.05) is 63.0 Å². The lowest BCUT2D eigenvalue weighted by molar-refractivity contribution is -0.131. The van der Waals surface area contributed by atoms with E-state index in [1.54, 1.807) is 0 Å². The van der Waals surface area contributed by atoms with Crippen LogP contribution in [0.1, 0.15) is 37.2 Å². The Labute approximate surface area is 148 Å². The number of pyridine rings is 1. The van der Waals surface area contributed by atoms with Gasteiger partial charge in [-0.1, -0.05) is 6.92 Å². The minimum atomic E-state index is 0.229. The highest BCUT2D eigenvalue weighted by atomic mass is 16.3. The van der Waals surface area contributed by atoms with Crippen LogP contribution in [0.25, 0.3) is 0 Å². The summed E-state index contributed by atoms with van der Waals surface area (Å²) in [5, 5.41) is 0. The van der Waals surface area contributed by atoms with Crippen molar-refractivity contribution in [3.63, 3.8) is 0 Å². The quantitative estimate of drug-likeness (QED) is 0.840. The zero-order valence-corrected chi connectivity index (χ0v) is 14.7. The molecule has 1 saturated carbocycles. The molecular formula is C20H25N3O2. The van der Waals surface area contributed by atoms with E-state index in [0.717, 1.165) is 43.6 Å². The first-order valence-corrected chi connectivity index (χ1v) is 9.22. The van der Waals surface area contributed by atoms with Crippen LogP contribution in [0.3, 0.4) is 0 Å². The topological polar surface area (TPSA) is 49.6 Å². The van der Waals surface area contributed by atoms with Crippen molar-refractivity contribution in [3.05, 3.63) is 48.2 Å². The van der Waals surface area contributed by atoms with Crippen molar-refractivity contribution in [3.8, 4) is 0 Å². The molecule has 1 amide bonds. The minimum absolute atomic E-state index is 0.229. The molecule has 2 aromatic heterocycles. The van der Waals surface area contributed by atoms with E-state index in [1.807, 2.05) is 35.5 Å². The highest BCUT2D eigenvalue weighted by molar-refractivity contribution is 5.76. The maximum atomic E-state index is 12.5. The van der Waals surface area contributed by atoms with Crippen LogP contribution in [0.5, 0.6) is 0 Å². The highest BCUT2D eigenvalue weighted by Gasteiger charge is 2.36. The number of rotatable bonds is 5. The molecule has 0 radical (unpaired) electrons. The van der Waals surface area contributed by atoms with Crippen LogP contribution >= 0.6 is 0 Å². The molecular weight excluding hydrogens is 314 g/mol. The summed E-state index contributed by atoms with van der Waals surface area (Å²) < 4.78 is 5.91. The number of anilines is 1. The third-order valence-electron chi connectivity index (χ3n) is 5.40. The molecule has 0 bridgehead atoms. The normalized spacial score (nSPS) is 22.9. The van der Waals surface area contributed by atoms with E-state index >= 15 is 0 Å². The van der Waals surface area contributed by atoms with Gasteiger partial charge in [0.05, 0.1) is 0 Å². The van der Waals surface area contributed by atoms with Gasteiger partial charge in [-0.3, -0.25) is 9.78 Å². The van der Waals surface area contributed by atoms with E-state index in [0.29, 0.717) is 18.8 Å². The van der Waals surface area contributed by atoms with Crippen LogP contribution in [0.15, 0.2) is 41.1 Å². The summed E-state index contributed by atoms with van der Waals surface area (Å²) >= 11 is 0. The fourth-order valence-corrected chi connectivity index (χ4v) is 3.60. The zero-order chi connectivity index (χ0) is 17.2. The van der Waals surface area contributed by atoms with Crippen molar-refractivity contribution in [2.24, 2.45) is 5.92 Å². The first kappa shape index (κ1) is 16.2. The Morgan fingerprint density at radius 3 is 2.56 bits per heavy atom. The van der Waals surface area contributed by atoms with Crippen LogP contribution in [0.4, 0.5) is 5.69 Å². The van der Waals surface area contributed by atoms with Crippen molar-refractivity contribution in [1.29, 1.82) is 0 Å². The lowest BCUT2D eigenvalue weighted by atomic mass is 10.2. The maximum Gasteiger partial charge on any atom is 0.223 e. The van der Waals surface area contributed by atoms with E-state index in [2.05, 4.69) is 22.9 Å². The molecule has 5 heteroatoms. The Morgan fingerprint density at radius 1 is 1.16 bits per heavy atom. The predicted molar refractivity (Wildman–Crippen MR) is 96.6 cm³/mol. The van der Waals surface area contributed by atoms with Crippen LogP contribution in [-0.2, 0) is 11.2 Å². The number of aromatic nitrogens is 1. The van der Waals surface area contributed by atoms with Crippen LogP contribution in [-0.4, -0.2) is 42.0 Å². The SMILES string of the molecule is CC1CC1c1ccc(CCC(=O)N2CCN(c3ccncc3)CC2)o1. The summed E-state index contributed by atoms with van der Waals surface area (Å²) in [5.41, 5.74) is 1.18.